The van der Waals surface area contributed by atoms with Crippen molar-refractivity contribution >= 4 is 17.6 Å². The summed E-state index contributed by atoms with van der Waals surface area (Å²) in [6.07, 6.45) is 3.40. The van der Waals surface area contributed by atoms with Crippen LogP contribution in [0, 0.1) is 11.8 Å². The van der Waals surface area contributed by atoms with Crippen molar-refractivity contribution in [2.24, 2.45) is 16.8 Å². The SMILES string of the molecule is CCNC(=NCc1cc(Cl)ccc1OC)N1CC2C3CCC(O3)C2C1. The lowest BCUT2D eigenvalue weighted by Gasteiger charge is -2.23. The van der Waals surface area contributed by atoms with E-state index in [4.69, 9.17) is 26.1 Å². The van der Waals surface area contributed by atoms with Crippen molar-refractivity contribution in [3.05, 3.63) is 28.8 Å². The van der Waals surface area contributed by atoms with Gasteiger partial charge >= 0.3 is 0 Å². The molecule has 3 aliphatic rings. The summed E-state index contributed by atoms with van der Waals surface area (Å²) >= 11 is 6.14. The van der Waals surface area contributed by atoms with Crippen molar-refractivity contribution in [3.63, 3.8) is 0 Å². The number of ether oxygens (including phenoxy) is 2. The van der Waals surface area contributed by atoms with E-state index in [2.05, 4.69) is 17.1 Å². The van der Waals surface area contributed by atoms with E-state index in [1.54, 1.807) is 7.11 Å². The van der Waals surface area contributed by atoms with E-state index in [1.807, 2.05) is 18.2 Å². The molecule has 4 unspecified atom stereocenters. The molecule has 4 rings (SSSR count). The highest BCUT2D eigenvalue weighted by atomic mass is 35.5. The Morgan fingerprint density at radius 1 is 1.32 bits per heavy atom. The summed E-state index contributed by atoms with van der Waals surface area (Å²) in [5.41, 5.74) is 1.01. The topological polar surface area (TPSA) is 46.1 Å². The van der Waals surface area contributed by atoms with Crippen LogP contribution in [0.15, 0.2) is 23.2 Å². The standard InChI is InChI=1S/C19H26ClN3O2/c1-3-21-19(22-9-12-8-13(20)4-5-16(12)24-2)23-10-14-15(11-23)18-7-6-17(14)25-18/h4-5,8,14-15,17-18H,3,6-7,9-11H2,1-2H3,(H,21,22). The predicted octanol–water partition coefficient (Wildman–Crippen LogP) is 2.92. The van der Waals surface area contributed by atoms with E-state index in [9.17, 15) is 0 Å². The number of aliphatic imine (C=N–C) groups is 1. The molecule has 4 atom stereocenters. The number of benzene rings is 1. The number of nitrogens with zero attached hydrogens (tertiary/aromatic N) is 2. The van der Waals surface area contributed by atoms with Crippen molar-refractivity contribution in [1.82, 2.24) is 10.2 Å². The van der Waals surface area contributed by atoms with Gasteiger partial charge in [-0.1, -0.05) is 11.6 Å². The third kappa shape index (κ3) is 3.20. The first-order chi connectivity index (χ1) is 12.2. The van der Waals surface area contributed by atoms with Gasteiger partial charge in [0.25, 0.3) is 0 Å². The molecular formula is C19H26ClN3O2. The summed E-state index contributed by atoms with van der Waals surface area (Å²) in [6, 6.07) is 5.67. The molecule has 0 radical (unpaired) electrons. The maximum absolute atomic E-state index is 6.14. The fourth-order valence-electron chi connectivity index (χ4n) is 4.59. The van der Waals surface area contributed by atoms with Crippen molar-refractivity contribution in [3.8, 4) is 5.75 Å². The highest BCUT2D eigenvalue weighted by molar-refractivity contribution is 6.30. The number of fused-ring (bicyclic) bond motifs is 5. The van der Waals surface area contributed by atoms with Crippen LogP contribution >= 0.6 is 11.6 Å². The molecule has 1 N–H and O–H groups in total. The summed E-state index contributed by atoms with van der Waals surface area (Å²) in [4.78, 5) is 7.27. The molecule has 0 saturated carbocycles. The first-order valence-electron chi connectivity index (χ1n) is 9.20. The number of rotatable bonds is 4. The first-order valence-corrected chi connectivity index (χ1v) is 9.58. The molecule has 3 heterocycles. The zero-order valence-corrected chi connectivity index (χ0v) is 15.6. The quantitative estimate of drug-likeness (QED) is 0.660. The Labute approximate surface area is 154 Å². The Balaban J connectivity index is 1.50. The number of nitrogens with one attached hydrogen (secondary N) is 1. The van der Waals surface area contributed by atoms with Crippen molar-refractivity contribution < 1.29 is 9.47 Å². The minimum Gasteiger partial charge on any atom is -0.496 e. The van der Waals surface area contributed by atoms with Gasteiger partial charge in [0.2, 0.25) is 0 Å². The molecule has 1 aromatic rings. The Bertz CT molecular complexity index is 648. The molecule has 3 saturated heterocycles. The number of hydrogen-bond donors (Lipinski definition) is 1. The average Bonchev–Trinajstić information content (AvgIpc) is 3.31. The first kappa shape index (κ1) is 17.0. The second-order valence-corrected chi connectivity index (χ2v) is 7.59. The van der Waals surface area contributed by atoms with E-state index < -0.39 is 0 Å². The third-order valence-electron chi connectivity index (χ3n) is 5.73. The normalized spacial score (nSPS) is 30.7. The van der Waals surface area contributed by atoms with Crippen LogP contribution in [0.1, 0.15) is 25.3 Å². The second-order valence-electron chi connectivity index (χ2n) is 7.15. The van der Waals surface area contributed by atoms with Gasteiger partial charge in [0, 0.05) is 42.1 Å². The predicted molar refractivity (Wildman–Crippen MR) is 99.3 cm³/mol. The van der Waals surface area contributed by atoms with Gasteiger partial charge in [0.15, 0.2) is 5.96 Å². The average molecular weight is 364 g/mol. The summed E-state index contributed by atoms with van der Waals surface area (Å²) in [5, 5.41) is 4.16. The molecule has 3 aliphatic heterocycles. The summed E-state index contributed by atoms with van der Waals surface area (Å²) in [7, 11) is 1.68. The van der Waals surface area contributed by atoms with Crippen LogP contribution in [0.5, 0.6) is 5.75 Å². The summed E-state index contributed by atoms with van der Waals surface area (Å²) < 4.78 is 11.5. The Kier molecular flexibility index (Phi) is 4.78. The van der Waals surface area contributed by atoms with Crippen LogP contribution in [0.25, 0.3) is 0 Å². The Morgan fingerprint density at radius 2 is 2.04 bits per heavy atom. The lowest BCUT2D eigenvalue weighted by Crippen LogP contribution is -2.41. The van der Waals surface area contributed by atoms with Crippen molar-refractivity contribution in [2.45, 2.75) is 38.5 Å². The van der Waals surface area contributed by atoms with Crippen molar-refractivity contribution in [1.29, 1.82) is 0 Å². The van der Waals surface area contributed by atoms with Gasteiger partial charge in [0.05, 0.1) is 25.9 Å². The summed E-state index contributed by atoms with van der Waals surface area (Å²) in [6.45, 7) is 5.62. The molecule has 25 heavy (non-hydrogen) atoms. The van der Waals surface area contributed by atoms with Gasteiger partial charge in [-0.3, -0.25) is 0 Å². The molecule has 2 bridgehead atoms. The Morgan fingerprint density at radius 3 is 2.68 bits per heavy atom. The zero-order valence-electron chi connectivity index (χ0n) is 14.9. The zero-order chi connectivity index (χ0) is 17.4. The minimum atomic E-state index is 0.468. The molecule has 1 aromatic carbocycles. The molecule has 136 valence electrons. The van der Waals surface area contributed by atoms with Crippen molar-refractivity contribution in [2.75, 3.05) is 26.7 Å². The molecule has 0 aliphatic carbocycles. The second kappa shape index (κ2) is 7.04. The van der Waals surface area contributed by atoms with Crippen LogP contribution < -0.4 is 10.1 Å². The van der Waals surface area contributed by atoms with E-state index >= 15 is 0 Å². The highest BCUT2D eigenvalue weighted by Gasteiger charge is 2.53. The number of guanidine groups is 1. The fourth-order valence-corrected chi connectivity index (χ4v) is 4.78. The van der Waals surface area contributed by atoms with E-state index in [-0.39, 0.29) is 0 Å². The van der Waals surface area contributed by atoms with Gasteiger partial charge in [0.1, 0.15) is 5.75 Å². The van der Waals surface area contributed by atoms with Gasteiger partial charge in [-0.15, -0.1) is 0 Å². The molecule has 0 spiro atoms. The van der Waals surface area contributed by atoms with Gasteiger partial charge in [-0.05, 0) is 38.0 Å². The van der Waals surface area contributed by atoms with Gasteiger partial charge in [-0.25, -0.2) is 4.99 Å². The largest absolute Gasteiger partial charge is 0.496 e. The van der Waals surface area contributed by atoms with Crippen LogP contribution in [0.2, 0.25) is 5.02 Å². The van der Waals surface area contributed by atoms with Gasteiger partial charge < -0.3 is 19.7 Å². The van der Waals surface area contributed by atoms with E-state index in [0.717, 1.165) is 36.9 Å². The van der Waals surface area contributed by atoms with Gasteiger partial charge in [-0.2, -0.15) is 0 Å². The fraction of sp³-hybridized carbons (Fsp3) is 0.632. The molecule has 5 nitrogen and oxygen atoms in total. The van der Waals surface area contributed by atoms with Crippen LogP contribution in [-0.2, 0) is 11.3 Å². The minimum absolute atomic E-state index is 0.468. The number of methoxy groups -OCH3 is 1. The number of halogens is 1. The maximum Gasteiger partial charge on any atom is 0.194 e. The lowest BCUT2D eigenvalue weighted by molar-refractivity contribution is 0.0767. The Hall–Kier alpha value is -1.46. The molecule has 0 amide bonds. The molecule has 3 fully saturated rings. The number of likely N-dealkylation sites (tertiary alicyclic amines) is 1. The number of hydrogen-bond acceptors (Lipinski definition) is 3. The van der Waals surface area contributed by atoms with Crippen LogP contribution in [-0.4, -0.2) is 49.8 Å². The smallest absolute Gasteiger partial charge is 0.194 e. The highest BCUT2D eigenvalue weighted by Crippen LogP contribution is 2.47. The maximum atomic E-state index is 6.14. The van der Waals surface area contributed by atoms with E-state index in [1.165, 1.54) is 12.8 Å². The monoisotopic (exact) mass is 363 g/mol. The lowest BCUT2D eigenvalue weighted by atomic mass is 9.82. The van der Waals surface area contributed by atoms with E-state index in [0.29, 0.717) is 35.6 Å². The van der Waals surface area contributed by atoms with Crippen LogP contribution in [0.4, 0.5) is 0 Å². The molecular weight excluding hydrogens is 338 g/mol. The summed E-state index contributed by atoms with van der Waals surface area (Å²) in [5.74, 6) is 3.15. The molecule has 0 aromatic heterocycles. The molecule has 6 heteroatoms. The van der Waals surface area contributed by atoms with Crippen LogP contribution in [0.3, 0.4) is 0 Å². The third-order valence-corrected chi connectivity index (χ3v) is 5.96.